The van der Waals surface area contributed by atoms with Crippen LogP contribution in [0, 0.1) is 5.92 Å². The fourth-order valence-corrected chi connectivity index (χ4v) is 2.34. The fraction of sp³-hybridized carbons (Fsp3) is 0.429. The van der Waals surface area contributed by atoms with Gasteiger partial charge >= 0.3 is 5.97 Å². The number of benzene rings is 1. The van der Waals surface area contributed by atoms with Gasteiger partial charge in [0.2, 0.25) is 5.91 Å². The Labute approximate surface area is 111 Å². The zero-order valence-electron chi connectivity index (χ0n) is 10.8. The molecule has 2 rings (SSSR count). The minimum atomic E-state index is -1.01. The molecular formula is C14H17NO4. The molecule has 2 atom stereocenters. The Bertz CT molecular complexity index is 486. The fourth-order valence-electron chi connectivity index (χ4n) is 2.34. The number of fused-ring (bicyclic) bond motifs is 1. The number of aliphatic carboxylic acids is 1. The average molecular weight is 263 g/mol. The molecule has 0 radical (unpaired) electrons. The summed E-state index contributed by atoms with van der Waals surface area (Å²) in [4.78, 5) is 22.1. The summed E-state index contributed by atoms with van der Waals surface area (Å²) in [5.41, 5.74) is 1.09. The Hall–Kier alpha value is -2.04. The maximum atomic E-state index is 11.1. The molecule has 0 aromatic heterocycles. The van der Waals surface area contributed by atoms with E-state index in [2.05, 4.69) is 5.32 Å². The number of rotatable bonds is 4. The van der Waals surface area contributed by atoms with Crippen molar-refractivity contribution in [2.45, 2.75) is 25.8 Å². The number of carboxylic acids is 1. The van der Waals surface area contributed by atoms with Crippen LogP contribution in [0.3, 0.4) is 0 Å². The predicted molar refractivity (Wildman–Crippen MR) is 69.0 cm³/mol. The number of carbonyl (C=O) groups excluding carboxylic acids is 1. The first-order chi connectivity index (χ1) is 9.06. The normalized spacial score (nSPS) is 18.9. The Morgan fingerprint density at radius 2 is 2.21 bits per heavy atom. The van der Waals surface area contributed by atoms with Gasteiger partial charge in [0.15, 0.2) is 0 Å². The highest BCUT2D eigenvalue weighted by molar-refractivity contribution is 5.82. The maximum Gasteiger partial charge on any atom is 0.326 e. The number of amides is 1. The van der Waals surface area contributed by atoms with Crippen LogP contribution >= 0.6 is 0 Å². The third kappa shape index (κ3) is 3.47. The number of nitrogens with one attached hydrogen (secondary N) is 1. The van der Waals surface area contributed by atoms with Gasteiger partial charge in [-0.05, 0) is 30.4 Å². The first-order valence-electron chi connectivity index (χ1n) is 6.27. The molecule has 1 aliphatic heterocycles. The molecule has 19 heavy (non-hydrogen) atoms. The molecule has 1 amide bonds. The van der Waals surface area contributed by atoms with E-state index >= 15 is 0 Å². The second-order valence-electron chi connectivity index (χ2n) is 4.82. The van der Waals surface area contributed by atoms with Gasteiger partial charge in [-0.2, -0.15) is 0 Å². The number of para-hydroxylation sites is 1. The van der Waals surface area contributed by atoms with Crippen molar-refractivity contribution in [3.05, 3.63) is 29.8 Å². The summed E-state index contributed by atoms with van der Waals surface area (Å²) in [6, 6.07) is 6.89. The lowest BCUT2D eigenvalue weighted by Crippen LogP contribution is -2.42. The molecule has 5 heteroatoms. The number of hydrogen-bond acceptors (Lipinski definition) is 3. The highest BCUT2D eigenvalue weighted by Gasteiger charge is 2.27. The second kappa shape index (κ2) is 5.73. The first-order valence-corrected chi connectivity index (χ1v) is 6.27. The predicted octanol–water partition coefficient (Wildman–Crippen LogP) is 1.22. The molecule has 1 aromatic carbocycles. The van der Waals surface area contributed by atoms with Crippen molar-refractivity contribution in [1.29, 1.82) is 0 Å². The van der Waals surface area contributed by atoms with Gasteiger partial charge in [-0.25, -0.2) is 4.79 Å². The number of hydrogen-bond donors (Lipinski definition) is 2. The molecule has 0 saturated heterocycles. The Morgan fingerprint density at radius 1 is 1.47 bits per heavy atom. The molecule has 0 bridgehead atoms. The van der Waals surface area contributed by atoms with Gasteiger partial charge in [-0.15, -0.1) is 0 Å². The van der Waals surface area contributed by atoms with Gasteiger partial charge in [0.05, 0.1) is 6.61 Å². The molecule has 1 heterocycles. The van der Waals surface area contributed by atoms with Crippen LogP contribution in [-0.4, -0.2) is 29.6 Å². The minimum Gasteiger partial charge on any atom is -0.493 e. The molecule has 0 spiro atoms. The molecule has 5 nitrogen and oxygen atoms in total. The molecule has 0 saturated carbocycles. The second-order valence-corrected chi connectivity index (χ2v) is 4.82. The third-order valence-corrected chi connectivity index (χ3v) is 3.20. The summed E-state index contributed by atoms with van der Waals surface area (Å²) in [6.45, 7) is 1.81. The van der Waals surface area contributed by atoms with Crippen molar-refractivity contribution in [2.75, 3.05) is 6.61 Å². The lowest BCUT2D eigenvalue weighted by molar-refractivity contribution is -0.142. The summed E-state index contributed by atoms with van der Waals surface area (Å²) < 4.78 is 5.62. The van der Waals surface area contributed by atoms with E-state index in [0.29, 0.717) is 13.0 Å². The molecule has 0 aliphatic carbocycles. The van der Waals surface area contributed by atoms with Crippen molar-refractivity contribution in [2.24, 2.45) is 5.92 Å². The minimum absolute atomic E-state index is 0.0999. The van der Waals surface area contributed by atoms with Gasteiger partial charge in [-0.1, -0.05) is 18.2 Å². The van der Waals surface area contributed by atoms with Crippen LogP contribution in [0.1, 0.15) is 18.9 Å². The molecule has 0 fully saturated rings. The molecule has 1 aromatic rings. The van der Waals surface area contributed by atoms with Gasteiger partial charge in [0.1, 0.15) is 11.8 Å². The van der Waals surface area contributed by atoms with E-state index in [-0.39, 0.29) is 11.8 Å². The van der Waals surface area contributed by atoms with Crippen LogP contribution < -0.4 is 10.1 Å². The van der Waals surface area contributed by atoms with Crippen molar-refractivity contribution in [3.8, 4) is 5.75 Å². The van der Waals surface area contributed by atoms with E-state index in [1.165, 1.54) is 6.92 Å². The highest BCUT2D eigenvalue weighted by Crippen LogP contribution is 2.28. The first kappa shape index (κ1) is 13.4. The summed E-state index contributed by atoms with van der Waals surface area (Å²) in [6.07, 6.45) is 1.16. The van der Waals surface area contributed by atoms with Crippen LogP contribution in [0.25, 0.3) is 0 Å². The van der Waals surface area contributed by atoms with E-state index in [1.54, 1.807) is 0 Å². The van der Waals surface area contributed by atoms with E-state index in [0.717, 1.165) is 17.7 Å². The van der Waals surface area contributed by atoms with Gasteiger partial charge in [-0.3, -0.25) is 4.79 Å². The van der Waals surface area contributed by atoms with Crippen LogP contribution in [-0.2, 0) is 16.0 Å². The van der Waals surface area contributed by atoms with Crippen LogP contribution in [0.15, 0.2) is 24.3 Å². The van der Waals surface area contributed by atoms with Gasteiger partial charge in [0, 0.05) is 6.92 Å². The quantitative estimate of drug-likeness (QED) is 0.856. The smallest absolute Gasteiger partial charge is 0.326 e. The third-order valence-electron chi connectivity index (χ3n) is 3.20. The zero-order chi connectivity index (χ0) is 13.8. The molecule has 1 aliphatic rings. The summed E-state index contributed by atoms with van der Waals surface area (Å²) in [5, 5.41) is 11.5. The standard InChI is InChI=1S/C14H17NO4/c1-9(16)15-12(14(17)18)7-10-6-11-4-2-3-5-13(11)19-8-10/h2-5,10,12H,6-8H2,1H3,(H,15,16)(H,17,18). The van der Waals surface area contributed by atoms with Crippen molar-refractivity contribution in [1.82, 2.24) is 5.32 Å². The largest absolute Gasteiger partial charge is 0.493 e. The van der Waals surface area contributed by atoms with Crippen molar-refractivity contribution < 1.29 is 19.4 Å². The molecular weight excluding hydrogens is 246 g/mol. The van der Waals surface area contributed by atoms with Crippen molar-refractivity contribution >= 4 is 11.9 Å². The van der Waals surface area contributed by atoms with E-state index < -0.39 is 12.0 Å². The van der Waals surface area contributed by atoms with E-state index in [4.69, 9.17) is 9.84 Å². The topological polar surface area (TPSA) is 75.6 Å². The molecule has 2 N–H and O–H groups in total. The SMILES string of the molecule is CC(=O)NC(CC1COc2ccccc2C1)C(=O)O. The van der Waals surface area contributed by atoms with Gasteiger partial charge < -0.3 is 15.2 Å². The monoisotopic (exact) mass is 263 g/mol. The summed E-state index contributed by atoms with van der Waals surface area (Å²) in [5.74, 6) is -0.369. The molecule has 2 unspecified atom stereocenters. The lowest BCUT2D eigenvalue weighted by atomic mass is 9.91. The Balaban J connectivity index is 2.00. The highest BCUT2D eigenvalue weighted by atomic mass is 16.5. The zero-order valence-corrected chi connectivity index (χ0v) is 10.8. The maximum absolute atomic E-state index is 11.1. The van der Waals surface area contributed by atoms with Gasteiger partial charge in [0.25, 0.3) is 0 Å². The summed E-state index contributed by atoms with van der Waals surface area (Å²) in [7, 11) is 0. The van der Waals surface area contributed by atoms with E-state index in [9.17, 15) is 9.59 Å². The Kier molecular flexibility index (Phi) is 4.04. The van der Waals surface area contributed by atoms with Crippen LogP contribution in [0.5, 0.6) is 5.75 Å². The number of carbonyl (C=O) groups is 2. The van der Waals surface area contributed by atoms with Crippen LogP contribution in [0.4, 0.5) is 0 Å². The number of ether oxygens (including phenoxy) is 1. The lowest BCUT2D eigenvalue weighted by Gasteiger charge is -2.27. The summed E-state index contributed by atoms with van der Waals surface area (Å²) >= 11 is 0. The molecule has 102 valence electrons. The Morgan fingerprint density at radius 3 is 2.89 bits per heavy atom. The van der Waals surface area contributed by atoms with E-state index in [1.807, 2.05) is 24.3 Å². The van der Waals surface area contributed by atoms with Crippen LogP contribution in [0.2, 0.25) is 0 Å². The van der Waals surface area contributed by atoms with Crippen molar-refractivity contribution in [3.63, 3.8) is 0 Å². The average Bonchev–Trinajstić information content (AvgIpc) is 2.37. The number of carboxylic acid groups (broad SMARTS) is 1.